The highest BCUT2D eigenvalue weighted by atomic mass is 19.1. The zero-order chi connectivity index (χ0) is 18.0. The van der Waals surface area contributed by atoms with Crippen molar-refractivity contribution in [2.75, 3.05) is 0 Å². The highest BCUT2D eigenvalue weighted by molar-refractivity contribution is 6.53. The number of hydrogen-bond donors (Lipinski definition) is 1. The lowest BCUT2D eigenvalue weighted by Crippen LogP contribution is -2.41. The molecule has 1 aliphatic carbocycles. The Morgan fingerprint density at radius 2 is 1.80 bits per heavy atom. The zero-order valence-electron chi connectivity index (χ0n) is 15.0. The van der Waals surface area contributed by atoms with Gasteiger partial charge in [-0.3, -0.25) is 0 Å². The minimum atomic E-state index is -0.996. The Labute approximate surface area is 146 Å². The fourth-order valence-corrected chi connectivity index (χ4v) is 3.42. The second-order valence-corrected chi connectivity index (χ2v) is 8.17. The van der Waals surface area contributed by atoms with E-state index in [1.165, 1.54) is 12.1 Å². The molecule has 0 bridgehead atoms. The second kappa shape index (κ2) is 5.18. The number of rotatable bonds is 3. The number of fused-ring (bicyclic) bond motifs is 1. The molecule has 1 saturated carbocycles. The van der Waals surface area contributed by atoms with Gasteiger partial charge in [-0.25, -0.2) is 8.78 Å². The third-order valence-corrected chi connectivity index (χ3v) is 5.86. The molecule has 1 aromatic carbocycles. The standard InChI is InChI=1S/C19H22BF2NO2/c1-17(2)18(3,4)25-20(24-17)16(22)10-19(7-8-19)14-11-23-15-6-5-12(21)9-13(14)15/h5-6,9-11,23H,7-8H2,1-4H3. The van der Waals surface area contributed by atoms with E-state index in [0.29, 0.717) is 0 Å². The Hall–Kier alpha value is -1.66. The van der Waals surface area contributed by atoms with Gasteiger partial charge in [0, 0.05) is 22.5 Å². The van der Waals surface area contributed by atoms with E-state index in [2.05, 4.69) is 4.98 Å². The van der Waals surface area contributed by atoms with Crippen molar-refractivity contribution in [1.82, 2.24) is 4.98 Å². The van der Waals surface area contributed by atoms with Crippen molar-refractivity contribution >= 4 is 18.0 Å². The van der Waals surface area contributed by atoms with Gasteiger partial charge >= 0.3 is 7.12 Å². The molecule has 2 aromatic rings. The molecular formula is C19H22BF2NO2. The van der Waals surface area contributed by atoms with Crippen molar-refractivity contribution in [1.29, 1.82) is 0 Å². The van der Waals surface area contributed by atoms with Crippen LogP contribution in [0.1, 0.15) is 46.1 Å². The maximum atomic E-state index is 14.9. The average molecular weight is 345 g/mol. The third-order valence-electron chi connectivity index (χ3n) is 5.86. The van der Waals surface area contributed by atoms with Crippen molar-refractivity contribution in [3.8, 4) is 0 Å². The van der Waals surface area contributed by atoms with Crippen LogP contribution in [0.3, 0.4) is 0 Å². The van der Waals surface area contributed by atoms with Gasteiger partial charge in [-0.05, 0) is 70.4 Å². The van der Waals surface area contributed by atoms with Gasteiger partial charge in [0.05, 0.1) is 11.2 Å². The van der Waals surface area contributed by atoms with E-state index in [0.717, 1.165) is 29.3 Å². The number of aromatic nitrogens is 1. The molecule has 0 radical (unpaired) electrons. The lowest BCUT2D eigenvalue weighted by molar-refractivity contribution is 0.00578. The van der Waals surface area contributed by atoms with Crippen molar-refractivity contribution in [2.24, 2.45) is 0 Å². The Morgan fingerprint density at radius 1 is 1.16 bits per heavy atom. The van der Waals surface area contributed by atoms with E-state index in [4.69, 9.17) is 9.31 Å². The van der Waals surface area contributed by atoms with Crippen LogP contribution in [0.25, 0.3) is 10.9 Å². The number of aromatic amines is 1. The summed E-state index contributed by atoms with van der Waals surface area (Å²) in [6.45, 7) is 7.59. The number of benzene rings is 1. The summed E-state index contributed by atoms with van der Waals surface area (Å²) in [7, 11) is -0.996. The van der Waals surface area contributed by atoms with E-state index in [1.807, 2.05) is 33.9 Å². The zero-order valence-corrected chi connectivity index (χ0v) is 15.0. The van der Waals surface area contributed by atoms with Crippen LogP contribution in [0.15, 0.2) is 36.2 Å². The van der Waals surface area contributed by atoms with Gasteiger partial charge in [0.2, 0.25) is 0 Å². The Balaban J connectivity index is 1.67. The van der Waals surface area contributed by atoms with Crippen LogP contribution < -0.4 is 0 Å². The van der Waals surface area contributed by atoms with Crippen LogP contribution in [0.4, 0.5) is 8.78 Å². The molecule has 3 nitrogen and oxygen atoms in total. The monoisotopic (exact) mass is 345 g/mol. The van der Waals surface area contributed by atoms with Crippen LogP contribution in [-0.2, 0) is 14.7 Å². The maximum absolute atomic E-state index is 14.9. The van der Waals surface area contributed by atoms with E-state index in [9.17, 15) is 8.78 Å². The number of H-pyrrole nitrogens is 1. The molecule has 132 valence electrons. The van der Waals surface area contributed by atoms with Gasteiger partial charge in [-0.1, -0.05) is 0 Å². The Morgan fingerprint density at radius 3 is 2.40 bits per heavy atom. The molecule has 0 amide bonds. The van der Waals surface area contributed by atoms with Crippen LogP contribution >= 0.6 is 0 Å². The maximum Gasteiger partial charge on any atom is 0.524 e. The van der Waals surface area contributed by atoms with Crippen LogP contribution in [0.5, 0.6) is 0 Å². The first kappa shape index (κ1) is 16.8. The summed E-state index contributed by atoms with van der Waals surface area (Å²) in [6, 6.07) is 4.63. The van der Waals surface area contributed by atoms with E-state index in [-0.39, 0.29) is 5.82 Å². The van der Waals surface area contributed by atoms with Gasteiger partial charge in [0.15, 0.2) is 0 Å². The van der Waals surface area contributed by atoms with Crippen LogP contribution in [0, 0.1) is 5.82 Å². The first-order chi connectivity index (χ1) is 11.6. The molecular weight excluding hydrogens is 323 g/mol. The number of nitrogens with one attached hydrogen (secondary N) is 1. The number of halogens is 2. The summed E-state index contributed by atoms with van der Waals surface area (Å²) in [5.74, 6) is -0.292. The molecule has 4 rings (SSSR count). The summed E-state index contributed by atoms with van der Waals surface area (Å²) in [5.41, 5.74) is -0.213. The summed E-state index contributed by atoms with van der Waals surface area (Å²) in [5, 5.41) is 0.801. The van der Waals surface area contributed by atoms with Crippen molar-refractivity contribution in [3.05, 3.63) is 47.6 Å². The molecule has 2 fully saturated rings. The molecule has 2 aliphatic rings. The predicted octanol–water partition coefficient (Wildman–Crippen LogP) is 4.82. The summed E-state index contributed by atoms with van der Waals surface area (Å²) in [4.78, 5) is 3.15. The largest absolute Gasteiger partial charge is 0.524 e. The smallest absolute Gasteiger partial charge is 0.398 e. The van der Waals surface area contributed by atoms with E-state index < -0.39 is 29.5 Å². The molecule has 0 unspecified atom stereocenters. The third kappa shape index (κ3) is 2.63. The molecule has 6 heteroatoms. The van der Waals surface area contributed by atoms with Crippen molar-refractivity contribution in [3.63, 3.8) is 0 Å². The topological polar surface area (TPSA) is 34.2 Å². The molecule has 1 aliphatic heterocycles. The minimum Gasteiger partial charge on any atom is -0.398 e. The molecule has 1 saturated heterocycles. The molecule has 25 heavy (non-hydrogen) atoms. The summed E-state index contributed by atoms with van der Waals surface area (Å²) < 4.78 is 40.1. The number of allylic oxidation sites excluding steroid dienone is 1. The van der Waals surface area contributed by atoms with Gasteiger partial charge in [0.1, 0.15) is 11.5 Å². The lowest BCUT2D eigenvalue weighted by Gasteiger charge is -2.32. The van der Waals surface area contributed by atoms with Gasteiger partial charge in [-0.15, -0.1) is 0 Å². The second-order valence-electron chi connectivity index (χ2n) is 8.17. The summed E-state index contributed by atoms with van der Waals surface area (Å²) >= 11 is 0. The predicted molar refractivity (Wildman–Crippen MR) is 94.4 cm³/mol. The highest BCUT2D eigenvalue weighted by Gasteiger charge is 2.54. The van der Waals surface area contributed by atoms with Gasteiger partial charge in [0.25, 0.3) is 0 Å². The normalized spacial score (nSPS) is 24.1. The van der Waals surface area contributed by atoms with Crippen molar-refractivity contribution < 1.29 is 18.1 Å². The lowest BCUT2D eigenvalue weighted by atomic mass is 9.83. The Kier molecular flexibility index (Phi) is 3.48. The molecule has 0 atom stereocenters. The molecule has 2 heterocycles. The molecule has 1 aromatic heterocycles. The van der Waals surface area contributed by atoms with E-state index >= 15 is 0 Å². The quantitative estimate of drug-likeness (QED) is 0.809. The first-order valence-electron chi connectivity index (χ1n) is 8.65. The first-order valence-corrected chi connectivity index (χ1v) is 8.65. The fourth-order valence-electron chi connectivity index (χ4n) is 3.42. The average Bonchev–Trinajstić information content (AvgIpc) is 3.08. The SMILES string of the molecule is CC1(C)OB(C(F)=CC2(c3c[nH]c4ccc(F)cc34)CC2)OC1(C)C. The van der Waals surface area contributed by atoms with Crippen LogP contribution in [-0.4, -0.2) is 23.3 Å². The number of hydrogen-bond acceptors (Lipinski definition) is 2. The Bertz CT molecular complexity index is 851. The minimum absolute atomic E-state index is 0.292. The van der Waals surface area contributed by atoms with Gasteiger partial charge in [-0.2, -0.15) is 0 Å². The molecule has 0 spiro atoms. The molecule has 1 N–H and O–H groups in total. The fraction of sp³-hybridized carbons (Fsp3) is 0.474. The van der Waals surface area contributed by atoms with Crippen molar-refractivity contribution in [2.45, 2.75) is 57.2 Å². The summed E-state index contributed by atoms with van der Waals surface area (Å²) in [6.07, 6.45) is 5.10. The highest BCUT2D eigenvalue weighted by Crippen LogP contribution is 2.53. The van der Waals surface area contributed by atoms with E-state index in [1.54, 1.807) is 12.1 Å². The van der Waals surface area contributed by atoms with Crippen LogP contribution in [0.2, 0.25) is 0 Å². The van der Waals surface area contributed by atoms with Gasteiger partial charge < -0.3 is 14.3 Å².